The molecule has 0 aliphatic carbocycles. The Bertz CT molecular complexity index is 962. The third-order valence-electron chi connectivity index (χ3n) is 4.56. The summed E-state index contributed by atoms with van der Waals surface area (Å²) in [7, 11) is 0. The number of ether oxygens (including phenoxy) is 1. The number of anilines is 1. The molecule has 3 heterocycles. The lowest BCUT2D eigenvalue weighted by Gasteiger charge is -2.13. The highest BCUT2D eigenvalue weighted by molar-refractivity contribution is 5.82. The van der Waals surface area contributed by atoms with Crippen molar-refractivity contribution in [3.63, 3.8) is 0 Å². The first kappa shape index (κ1) is 17.5. The van der Waals surface area contributed by atoms with Crippen LogP contribution < -0.4 is 5.32 Å². The van der Waals surface area contributed by atoms with Crippen molar-refractivity contribution in [2.45, 2.75) is 31.4 Å². The fourth-order valence-electron chi connectivity index (χ4n) is 3.13. The maximum atomic E-state index is 9.94. The van der Waals surface area contributed by atoms with Gasteiger partial charge < -0.3 is 30.5 Å². The topological polar surface area (TPSA) is 146 Å². The average Bonchev–Trinajstić information content (AvgIpc) is 3.25. The molecule has 27 heavy (non-hydrogen) atoms. The predicted molar refractivity (Wildman–Crippen MR) is 94.0 cm³/mol. The minimum atomic E-state index is -0.759. The van der Waals surface area contributed by atoms with E-state index < -0.39 is 18.4 Å². The van der Waals surface area contributed by atoms with Crippen LogP contribution in [0.1, 0.15) is 18.2 Å². The molecule has 0 spiro atoms. The van der Waals surface area contributed by atoms with Gasteiger partial charge in [0.1, 0.15) is 30.2 Å². The van der Waals surface area contributed by atoms with Gasteiger partial charge in [0.05, 0.1) is 19.0 Å². The van der Waals surface area contributed by atoms with Gasteiger partial charge in [-0.15, -0.1) is 0 Å². The van der Waals surface area contributed by atoms with Crippen molar-refractivity contribution >= 4 is 17.0 Å². The second kappa shape index (κ2) is 6.99. The number of hydrogen-bond donors (Lipinski definition) is 5. The van der Waals surface area contributed by atoms with Gasteiger partial charge in [-0.1, -0.05) is 0 Å². The third kappa shape index (κ3) is 3.25. The Balaban J connectivity index is 1.58. The zero-order valence-electron chi connectivity index (χ0n) is 14.2. The number of imidazole rings is 1. The highest BCUT2D eigenvalue weighted by atomic mass is 16.5. The van der Waals surface area contributed by atoms with Gasteiger partial charge in [-0.25, -0.2) is 15.0 Å². The molecule has 1 fully saturated rings. The summed E-state index contributed by atoms with van der Waals surface area (Å²) in [5, 5.41) is 41.7. The van der Waals surface area contributed by atoms with Gasteiger partial charge in [-0.3, -0.25) is 4.57 Å². The lowest BCUT2D eigenvalue weighted by molar-refractivity contribution is -0.0432. The molecule has 10 heteroatoms. The van der Waals surface area contributed by atoms with Gasteiger partial charge in [0.15, 0.2) is 17.0 Å². The van der Waals surface area contributed by atoms with Crippen molar-refractivity contribution in [2.24, 2.45) is 0 Å². The van der Waals surface area contributed by atoms with Crippen molar-refractivity contribution in [1.29, 1.82) is 0 Å². The van der Waals surface area contributed by atoms with Crippen LogP contribution in [-0.4, -0.2) is 58.8 Å². The summed E-state index contributed by atoms with van der Waals surface area (Å²) in [6, 6.07) is 4.28. The Morgan fingerprint density at radius 1 is 1.22 bits per heavy atom. The highest BCUT2D eigenvalue weighted by Crippen LogP contribution is 2.31. The van der Waals surface area contributed by atoms with E-state index in [0.29, 0.717) is 29.0 Å². The van der Waals surface area contributed by atoms with E-state index in [-0.39, 0.29) is 24.7 Å². The van der Waals surface area contributed by atoms with Gasteiger partial charge in [-0.2, -0.15) is 0 Å². The monoisotopic (exact) mass is 373 g/mol. The van der Waals surface area contributed by atoms with Crippen LogP contribution in [0.25, 0.3) is 11.2 Å². The van der Waals surface area contributed by atoms with Gasteiger partial charge >= 0.3 is 0 Å². The Kier molecular flexibility index (Phi) is 4.52. The molecule has 0 radical (unpaired) electrons. The fraction of sp³-hybridized carbons (Fsp3) is 0.353. The SMILES string of the molecule is OC[C@H]1OC(n2cnc3c(NCc4cc(O)ccc4O)ncnc32)C[C@@H]1O. The van der Waals surface area contributed by atoms with Gasteiger partial charge in [-0.05, 0) is 18.2 Å². The van der Waals surface area contributed by atoms with Crippen molar-refractivity contribution < 1.29 is 25.2 Å². The molecule has 1 unspecified atom stereocenters. The van der Waals surface area contributed by atoms with Crippen LogP contribution >= 0.6 is 0 Å². The number of fused-ring (bicyclic) bond motifs is 1. The molecule has 1 aliphatic rings. The Morgan fingerprint density at radius 2 is 2.07 bits per heavy atom. The van der Waals surface area contributed by atoms with E-state index in [0.717, 1.165) is 0 Å². The minimum Gasteiger partial charge on any atom is -0.508 e. The summed E-state index contributed by atoms with van der Waals surface area (Å²) >= 11 is 0. The minimum absolute atomic E-state index is 0.0529. The first-order valence-electron chi connectivity index (χ1n) is 8.43. The maximum absolute atomic E-state index is 9.94. The predicted octanol–water partition coefficient (Wildman–Crippen LogP) is 0.490. The number of aromatic hydroxyl groups is 2. The molecular weight excluding hydrogens is 354 g/mol. The van der Waals surface area contributed by atoms with Crippen molar-refractivity contribution in [3.8, 4) is 11.5 Å². The molecule has 142 valence electrons. The van der Waals surface area contributed by atoms with Crippen molar-refractivity contribution in [3.05, 3.63) is 36.4 Å². The summed E-state index contributed by atoms with van der Waals surface area (Å²) in [5.74, 6) is 0.565. The molecular formula is C17H19N5O5. The number of benzene rings is 1. The summed E-state index contributed by atoms with van der Waals surface area (Å²) in [4.78, 5) is 12.8. The van der Waals surface area contributed by atoms with E-state index in [1.807, 2.05) is 0 Å². The lowest BCUT2D eigenvalue weighted by atomic mass is 10.2. The van der Waals surface area contributed by atoms with Crippen LogP contribution in [0, 0.1) is 0 Å². The molecule has 2 aromatic heterocycles. The van der Waals surface area contributed by atoms with Crippen LogP contribution in [0.2, 0.25) is 0 Å². The first-order chi connectivity index (χ1) is 13.1. The van der Waals surface area contributed by atoms with Crippen LogP contribution in [0.4, 0.5) is 5.82 Å². The molecule has 1 saturated heterocycles. The summed E-state index contributed by atoms with van der Waals surface area (Å²) in [6.45, 7) is -0.0378. The molecule has 5 N–H and O–H groups in total. The average molecular weight is 373 g/mol. The number of aliphatic hydroxyl groups excluding tert-OH is 2. The summed E-state index contributed by atoms with van der Waals surface area (Å²) in [6.07, 6.45) is 1.36. The number of nitrogens with one attached hydrogen (secondary N) is 1. The van der Waals surface area contributed by atoms with Crippen molar-refractivity contribution in [1.82, 2.24) is 19.5 Å². The molecule has 4 rings (SSSR count). The zero-order chi connectivity index (χ0) is 19.0. The van der Waals surface area contributed by atoms with Gasteiger partial charge in [0.2, 0.25) is 0 Å². The molecule has 10 nitrogen and oxygen atoms in total. The van der Waals surface area contributed by atoms with E-state index in [2.05, 4.69) is 20.3 Å². The lowest BCUT2D eigenvalue weighted by Crippen LogP contribution is -2.24. The van der Waals surface area contributed by atoms with Crippen LogP contribution in [0.5, 0.6) is 11.5 Å². The standard InChI is InChI=1S/C17H19N5O5/c23-6-13-12(26)4-14(27-13)22-8-21-15-16(19-7-20-17(15)22)18-5-9-3-10(24)1-2-11(9)25/h1-3,7-8,12-14,23-26H,4-6H2,(H,18,19,20)/t12-,13+,14?/m0/s1. The van der Waals surface area contributed by atoms with Crippen LogP contribution in [0.3, 0.4) is 0 Å². The maximum Gasteiger partial charge on any atom is 0.167 e. The quantitative estimate of drug-likeness (QED) is 0.403. The number of phenolic OH excluding ortho intramolecular Hbond substituents is 2. The number of phenols is 2. The van der Waals surface area contributed by atoms with Crippen LogP contribution in [0.15, 0.2) is 30.9 Å². The number of hydrogen-bond acceptors (Lipinski definition) is 9. The van der Waals surface area contributed by atoms with E-state index in [9.17, 15) is 20.4 Å². The Labute approximate surface area is 153 Å². The second-order valence-corrected chi connectivity index (χ2v) is 6.33. The molecule has 3 atom stereocenters. The van der Waals surface area contributed by atoms with E-state index >= 15 is 0 Å². The van der Waals surface area contributed by atoms with Gasteiger partial charge in [0.25, 0.3) is 0 Å². The molecule has 0 bridgehead atoms. The zero-order valence-corrected chi connectivity index (χ0v) is 14.2. The molecule has 3 aromatic rings. The molecule has 0 amide bonds. The summed E-state index contributed by atoms with van der Waals surface area (Å²) in [5.41, 5.74) is 1.53. The van der Waals surface area contributed by atoms with E-state index in [1.54, 1.807) is 10.9 Å². The molecule has 1 aromatic carbocycles. The second-order valence-electron chi connectivity index (χ2n) is 6.33. The van der Waals surface area contributed by atoms with E-state index in [1.165, 1.54) is 24.5 Å². The van der Waals surface area contributed by atoms with Crippen LogP contribution in [-0.2, 0) is 11.3 Å². The van der Waals surface area contributed by atoms with E-state index in [4.69, 9.17) is 4.74 Å². The summed E-state index contributed by atoms with van der Waals surface area (Å²) < 4.78 is 7.34. The Hall–Kier alpha value is -2.95. The number of aromatic nitrogens is 4. The number of nitrogens with zero attached hydrogens (tertiary/aromatic N) is 4. The highest BCUT2D eigenvalue weighted by Gasteiger charge is 2.35. The largest absolute Gasteiger partial charge is 0.508 e. The Morgan fingerprint density at radius 3 is 2.85 bits per heavy atom. The fourth-order valence-corrected chi connectivity index (χ4v) is 3.13. The third-order valence-corrected chi connectivity index (χ3v) is 4.56. The van der Waals surface area contributed by atoms with Crippen molar-refractivity contribution in [2.75, 3.05) is 11.9 Å². The smallest absolute Gasteiger partial charge is 0.167 e. The molecule has 1 aliphatic heterocycles. The number of aliphatic hydroxyl groups is 2. The van der Waals surface area contributed by atoms with Gasteiger partial charge in [0, 0.05) is 18.5 Å². The number of rotatable bonds is 5. The first-order valence-corrected chi connectivity index (χ1v) is 8.43. The normalized spacial score (nSPS) is 22.4. The molecule has 0 saturated carbocycles.